The molecule has 1 aromatic carbocycles. The first-order valence-electron chi connectivity index (χ1n) is 6.43. The van der Waals surface area contributed by atoms with Gasteiger partial charge in [0, 0.05) is 18.5 Å². The Kier molecular flexibility index (Phi) is 3.33. The number of halogens is 1. The quantitative estimate of drug-likeness (QED) is 0.778. The first-order chi connectivity index (χ1) is 8.88. The number of hydrogen-bond donors (Lipinski definition) is 0. The van der Waals surface area contributed by atoms with E-state index in [9.17, 15) is 0 Å². The molecular weight excluding hydrogens is 246 g/mol. The molecule has 0 spiro atoms. The Morgan fingerprint density at radius 3 is 2.89 bits per heavy atom. The standard InChI is InChI=1S/C14H16ClN3/c15-9-11-5-3-4-8-18(11)14-10-16-12-6-1-2-7-13(12)17-14/h1-2,6-7,10-11H,3-5,8-9H2. The van der Waals surface area contributed by atoms with E-state index in [-0.39, 0.29) is 0 Å². The third-order valence-corrected chi connectivity index (χ3v) is 3.89. The lowest BCUT2D eigenvalue weighted by Gasteiger charge is -2.35. The number of para-hydroxylation sites is 2. The Morgan fingerprint density at radius 1 is 1.22 bits per heavy atom. The molecule has 0 N–H and O–H groups in total. The van der Waals surface area contributed by atoms with E-state index in [0.717, 1.165) is 29.8 Å². The van der Waals surface area contributed by atoms with Gasteiger partial charge in [-0.2, -0.15) is 0 Å². The SMILES string of the molecule is ClCC1CCCCN1c1cnc2ccccc2n1. The third kappa shape index (κ3) is 2.15. The molecule has 0 aliphatic carbocycles. The predicted molar refractivity (Wildman–Crippen MR) is 75.2 cm³/mol. The van der Waals surface area contributed by atoms with Crippen LogP contribution in [0, 0.1) is 0 Å². The molecule has 1 aliphatic rings. The number of fused-ring (bicyclic) bond motifs is 1. The molecule has 3 nitrogen and oxygen atoms in total. The molecule has 0 bridgehead atoms. The fourth-order valence-electron chi connectivity index (χ4n) is 2.55. The smallest absolute Gasteiger partial charge is 0.148 e. The van der Waals surface area contributed by atoms with Crippen LogP contribution in [0.1, 0.15) is 19.3 Å². The summed E-state index contributed by atoms with van der Waals surface area (Å²) >= 11 is 6.05. The lowest BCUT2D eigenvalue weighted by molar-refractivity contribution is 0.484. The van der Waals surface area contributed by atoms with Gasteiger partial charge in [0.1, 0.15) is 5.82 Å². The topological polar surface area (TPSA) is 29.0 Å². The van der Waals surface area contributed by atoms with Crippen LogP contribution in [-0.2, 0) is 0 Å². The maximum Gasteiger partial charge on any atom is 0.148 e. The van der Waals surface area contributed by atoms with E-state index in [1.54, 1.807) is 0 Å². The molecule has 18 heavy (non-hydrogen) atoms. The maximum absolute atomic E-state index is 6.05. The molecule has 3 rings (SSSR count). The monoisotopic (exact) mass is 261 g/mol. The summed E-state index contributed by atoms with van der Waals surface area (Å²) in [5.74, 6) is 1.62. The van der Waals surface area contributed by atoms with Gasteiger partial charge in [0.15, 0.2) is 0 Å². The number of benzene rings is 1. The molecular formula is C14H16ClN3. The molecule has 0 amide bonds. The number of alkyl halides is 1. The van der Waals surface area contributed by atoms with Crippen LogP contribution >= 0.6 is 11.6 Å². The van der Waals surface area contributed by atoms with E-state index in [1.165, 1.54) is 12.8 Å². The van der Waals surface area contributed by atoms with Crippen LogP contribution in [0.3, 0.4) is 0 Å². The van der Waals surface area contributed by atoms with Crippen LogP contribution in [0.4, 0.5) is 5.82 Å². The fourth-order valence-corrected chi connectivity index (χ4v) is 2.87. The minimum Gasteiger partial charge on any atom is -0.351 e. The summed E-state index contributed by atoms with van der Waals surface area (Å²) in [6.45, 7) is 1.03. The van der Waals surface area contributed by atoms with Crippen molar-refractivity contribution in [1.29, 1.82) is 0 Å². The van der Waals surface area contributed by atoms with Crippen molar-refractivity contribution in [2.45, 2.75) is 25.3 Å². The van der Waals surface area contributed by atoms with E-state index in [2.05, 4.69) is 9.88 Å². The summed E-state index contributed by atoms with van der Waals surface area (Å²) in [6.07, 6.45) is 5.49. The van der Waals surface area contributed by atoms with Gasteiger partial charge in [0.25, 0.3) is 0 Å². The van der Waals surface area contributed by atoms with Crippen molar-refractivity contribution in [1.82, 2.24) is 9.97 Å². The van der Waals surface area contributed by atoms with E-state index >= 15 is 0 Å². The van der Waals surface area contributed by atoms with Gasteiger partial charge in [0.05, 0.1) is 17.2 Å². The van der Waals surface area contributed by atoms with Gasteiger partial charge in [0.2, 0.25) is 0 Å². The summed E-state index contributed by atoms with van der Waals surface area (Å²) in [5.41, 5.74) is 1.90. The summed E-state index contributed by atoms with van der Waals surface area (Å²) in [5, 5.41) is 0. The molecule has 1 unspecified atom stereocenters. The zero-order valence-electron chi connectivity index (χ0n) is 10.2. The minimum atomic E-state index is 0.399. The average Bonchev–Trinajstić information content (AvgIpc) is 2.46. The first-order valence-corrected chi connectivity index (χ1v) is 6.96. The number of aromatic nitrogens is 2. The van der Waals surface area contributed by atoms with E-state index in [0.29, 0.717) is 11.9 Å². The highest BCUT2D eigenvalue weighted by Gasteiger charge is 2.23. The second-order valence-electron chi connectivity index (χ2n) is 4.71. The average molecular weight is 262 g/mol. The van der Waals surface area contributed by atoms with E-state index in [1.807, 2.05) is 30.5 Å². The van der Waals surface area contributed by atoms with Crippen LogP contribution < -0.4 is 4.90 Å². The Labute approximate surface area is 112 Å². The van der Waals surface area contributed by atoms with Crippen molar-refractivity contribution >= 4 is 28.5 Å². The molecule has 0 radical (unpaired) electrons. The normalized spacial score (nSPS) is 20.3. The number of rotatable bonds is 2. The molecule has 4 heteroatoms. The zero-order valence-corrected chi connectivity index (χ0v) is 11.0. The second kappa shape index (κ2) is 5.11. The highest BCUT2D eigenvalue weighted by Crippen LogP contribution is 2.24. The van der Waals surface area contributed by atoms with E-state index < -0.39 is 0 Å². The van der Waals surface area contributed by atoms with Crippen molar-refractivity contribution in [3.8, 4) is 0 Å². The van der Waals surface area contributed by atoms with Crippen molar-refractivity contribution in [2.24, 2.45) is 0 Å². The molecule has 0 saturated carbocycles. The summed E-state index contributed by atoms with van der Waals surface area (Å²) in [6, 6.07) is 8.37. The molecule has 2 aromatic rings. The van der Waals surface area contributed by atoms with E-state index in [4.69, 9.17) is 16.6 Å². The lowest BCUT2D eigenvalue weighted by Crippen LogP contribution is -2.41. The minimum absolute atomic E-state index is 0.399. The number of anilines is 1. The zero-order chi connectivity index (χ0) is 12.4. The summed E-state index contributed by atoms with van der Waals surface area (Å²) in [4.78, 5) is 11.5. The number of nitrogens with zero attached hydrogens (tertiary/aromatic N) is 3. The molecule has 1 fully saturated rings. The second-order valence-corrected chi connectivity index (χ2v) is 5.02. The van der Waals surface area contributed by atoms with Crippen LogP contribution in [0.5, 0.6) is 0 Å². The predicted octanol–water partition coefficient (Wildman–Crippen LogP) is 3.23. The van der Waals surface area contributed by atoms with Crippen molar-refractivity contribution in [2.75, 3.05) is 17.3 Å². The van der Waals surface area contributed by atoms with Gasteiger partial charge in [-0.05, 0) is 31.4 Å². The van der Waals surface area contributed by atoms with Crippen LogP contribution in [0.15, 0.2) is 30.5 Å². The highest BCUT2D eigenvalue weighted by atomic mass is 35.5. The Bertz CT molecular complexity index is 543. The van der Waals surface area contributed by atoms with Gasteiger partial charge >= 0.3 is 0 Å². The van der Waals surface area contributed by atoms with Gasteiger partial charge in [-0.1, -0.05) is 12.1 Å². The largest absolute Gasteiger partial charge is 0.351 e. The fraction of sp³-hybridized carbons (Fsp3) is 0.429. The van der Waals surface area contributed by atoms with Crippen molar-refractivity contribution in [3.63, 3.8) is 0 Å². The summed E-state index contributed by atoms with van der Waals surface area (Å²) in [7, 11) is 0. The molecule has 1 aliphatic heterocycles. The molecule has 2 heterocycles. The van der Waals surface area contributed by atoms with Gasteiger partial charge in [-0.3, -0.25) is 4.98 Å². The molecule has 1 atom stereocenters. The van der Waals surface area contributed by atoms with Gasteiger partial charge in [-0.15, -0.1) is 11.6 Å². The Morgan fingerprint density at radius 2 is 2.06 bits per heavy atom. The van der Waals surface area contributed by atoms with Gasteiger partial charge < -0.3 is 4.90 Å². The summed E-state index contributed by atoms with van der Waals surface area (Å²) < 4.78 is 0. The maximum atomic E-state index is 6.05. The Hall–Kier alpha value is -1.35. The number of piperidine rings is 1. The third-order valence-electron chi connectivity index (χ3n) is 3.54. The highest BCUT2D eigenvalue weighted by molar-refractivity contribution is 6.18. The first kappa shape index (κ1) is 11.7. The number of hydrogen-bond acceptors (Lipinski definition) is 3. The Balaban J connectivity index is 1.97. The lowest BCUT2D eigenvalue weighted by atomic mass is 10.0. The molecule has 1 aromatic heterocycles. The van der Waals surface area contributed by atoms with Crippen molar-refractivity contribution in [3.05, 3.63) is 30.5 Å². The molecule has 94 valence electrons. The van der Waals surface area contributed by atoms with Gasteiger partial charge in [-0.25, -0.2) is 4.98 Å². The van der Waals surface area contributed by atoms with Crippen LogP contribution in [0.2, 0.25) is 0 Å². The van der Waals surface area contributed by atoms with Crippen LogP contribution in [-0.4, -0.2) is 28.4 Å². The molecule has 1 saturated heterocycles. The van der Waals surface area contributed by atoms with Crippen LogP contribution in [0.25, 0.3) is 11.0 Å². The van der Waals surface area contributed by atoms with Crippen molar-refractivity contribution < 1.29 is 0 Å².